The van der Waals surface area contributed by atoms with Gasteiger partial charge in [0.25, 0.3) is 11.9 Å². The molecule has 0 unspecified atom stereocenters. The molecule has 0 heterocycles. The molecule has 0 amide bonds. The van der Waals surface area contributed by atoms with E-state index in [0.29, 0.717) is 0 Å². The summed E-state index contributed by atoms with van der Waals surface area (Å²) in [4.78, 5) is 41.1. The van der Waals surface area contributed by atoms with Crippen molar-refractivity contribution in [2.45, 2.75) is 0 Å². The molecule has 2 N–H and O–H groups in total. The van der Waals surface area contributed by atoms with Crippen LogP contribution < -0.4 is 0 Å². The first kappa shape index (κ1) is 20.8. The zero-order chi connectivity index (χ0) is 16.5. The summed E-state index contributed by atoms with van der Waals surface area (Å²) in [7, 11) is 0. The van der Waals surface area contributed by atoms with Crippen molar-refractivity contribution < 1.29 is 62.1 Å². The molecule has 0 aliphatic rings. The Bertz CT molecular complexity index is 650. The van der Waals surface area contributed by atoms with E-state index >= 15 is 0 Å². The Morgan fingerprint density at radius 3 is 1.22 bits per heavy atom. The number of rotatable bonds is 4. The van der Waals surface area contributed by atoms with E-state index in [-0.39, 0.29) is 55.0 Å². The molecule has 0 aliphatic carbocycles. The zero-order valence-electron chi connectivity index (χ0n) is 11.7. The van der Waals surface area contributed by atoms with Gasteiger partial charge in [-0.25, -0.2) is 0 Å². The van der Waals surface area contributed by atoms with Crippen LogP contribution in [-0.2, 0) is 42.3 Å². The molecule has 7 heteroatoms. The summed E-state index contributed by atoms with van der Waals surface area (Å²) < 4.78 is 0. The molecule has 2 aromatic carbocycles. The van der Waals surface area contributed by atoms with Gasteiger partial charge < -0.3 is 19.8 Å². The SMILES string of the molecule is O=[C-]c1ccccc1C(=O)O.O=[C-]c1ccccc1C(=O)O.[Y]. The molecule has 0 fully saturated rings. The van der Waals surface area contributed by atoms with Gasteiger partial charge in [-0.1, -0.05) is 12.1 Å². The van der Waals surface area contributed by atoms with Gasteiger partial charge in [-0.05, 0) is 11.1 Å². The first-order valence-corrected chi connectivity index (χ1v) is 5.92. The number of carboxylic acids is 2. The van der Waals surface area contributed by atoms with Gasteiger partial charge >= 0.3 is 0 Å². The van der Waals surface area contributed by atoms with Gasteiger partial charge in [0, 0.05) is 32.7 Å². The van der Waals surface area contributed by atoms with E-state index in [9.17, 15) is 19.2 Å². The molecule has 0 atom stereocenters. The quantitative estimate of drug-likeness (QED) is 0.773. The summed E-state index contributed by atoms with van der Waals surface area (Å²) >= 11 is 0. The Morgan fingerprint density at radius 2 is 1.00 bits per heavy atom. The maximum absolute atomic E-state index is 10.4. The van der Waals surface area contributed by atoms with Gasteiger partial charge in [0.1, 0.15) is 0 Å². The van der Waals surface area contributed by atoms with E-state index < -0.39 is 11.9 Å². The van der Waals surface area contributed by atoms with E-state index in [4.69, 9.17) is 10.2 Å². The van der Waals surface area contributed by atoms with Crippen LogP contribution in [0.1, 0.15) is 31.8 Å². The normalized spacial score (nSPS) is 8.70. The second kappa shape index (κ2) is 10.5. The number of hydrogen-bond donors (Lipinski definition) is 2. The average molecular weight is 387 g/mol. The summed E-state index contributed by atoms with van der Waals surface area (Å²) in [6.45, 7) is 0. The second-order valence-corrected chi connectivity index (χ2v) is 3.91. The molecule has 2 rings (SSSR count). The van der Waals surface area contributed by atoms with Crippen molar-refractivity contribution in [1.82, 2.24) is 0 Å². The molecular formula is C16H10O6Y-2. The number of hydrogen-bond acceptors (Lipinski definition) is 4. The fourth-order valence-corrected chi connectivity index (χ4v) is 1.52. The van der Waals surface area contributed by atoms with Crippen LogP contribution in [-0.4, -0.2) is 34.7 Å². The summed E-state index contributed by atoms with van der Waals surface area (Å²) in [5, 5.41) is 17.0. The Morgan fingerprint density at radius 1 is 0.696 bits per heavy atom. The van der Waals surface area contributed by atoms with Crippen LogP contribution in [0.2, 0.25) is 0 Å². The summed E-state index contributed by atoms with van der Waals surface area (Å²) in [6.07, 6.45) is 3.09. The standard InChI is InChI=1S/2C8H5O3.Y/c2*9-5-6-3-1-2-4-7(6)8(10)11;/h2*1-4H,(H,10,11);/q2*-1;. The van der Waals surface area contributed by atoms with Crippen molar-refractivity contribution in [1.29, 1.82) is 0 Å². The third-order valence-electron chi connectivity index (χ3n) is 2.53. The van der Waals surface area contributed by atoms with E-state index in [1.54, 1.807) is 36.8 Å². The Balaban J connectivity index is 0.000000403. The molecule has 1 radical (unpaired) electrons. The predicted octanol–water partition coefficient (Wildman–Crippen LogP) is 1.68. The first-order chi connectivity index (χ1) is 10.5. The second-order valence-electron chi connectivity index (χ2n) is 3.91. The smallest absolute Gasteiger partial charge is 0.279 e. The molecule has 0 saturated heterocycles. The molecule has 115 valence electrons. The van der Waals surface area contributed by atoms with E-state index in [0.717, 1.165) is 0 Å². The minimum Gasteiger partial charge on any atom is -0.487 e. The van der Waals surface area contributed by atoms with Crippen molar-refractivity contribution in [3.05, 3.63) is 70.8 Å². The maximum atomic E-state index is 10.4. The Labute approximate surface area is 157 Å². The minimum atomic E-state index is -1.11. The molecule has 0 aromatic heterocycles. The Hall–Kier alpha value is -2.18. The summed E-state index contributed by atoms with van der Waals surface area (Å²) in [5.74, 6) is -2.21. The Kier molecular flexibility index (Phi) is 9.54. The van der Waals surface area contributed by atoms with Crippen LogP contribution in [0.4, 0.5) is 0 Å². The zero-order valence-corrected chi connectivity index (χ0v) is 14.6. The van der Waals surface area contributed by atoms with Crippen LogP contribution in [0.25, 0.3) is 0 Å². The van der Waals surface area contributed by atoms with Gasteiger partial charge in [0.2, 0.25) is 0 Å². The molecular weight excluding hydrogens is 377 g/mol. The van der Waals surface area contributed by atoms with Gasteiger partial charge in [-0.2, -0.15) is 12.1 Å². The topological polar surface area (TPSA) is 109 Å². The molecule has 2 aromatic rings. The largest absolute Gasteiger partial charge is 0.487 e. The van der Waals surface area contributed by atoms with E-state index in [1.165, 1.54) is 24.3 Å². The van der Waals surface area contributed by atoms with Crippen LogP contribution in [0.3, 0.4) is 0 Å². The fraction of sp³-hybridized carbons (Fsp3) is 0. The fourth-order valence-electron chi connectivity index (χ4n) is 1.52. The number of aromatic carboxylic acids is 2. The third-order valence-corrected chi connectivity index (χ3v) is 2.53. The van der Waals surface area contributed by atoms with Crippen LogP contribution in [0.5, 0.6) is 0 Å². The predicted molar refractivity (Wildman–Crippen MR) is 76.4 cm³/mol. The molecule has 0 saturated carbocycles. The van der Waals surface area contributed by atoms with E-state index in [1.807, 2.05) is 0 Å². The van der Waals surface area contributed by atoms with Gasteiger partial charge in [0.05, 0.1) is 12.6 Å². The first-order valence-electron chi connectivity index (χ1n) is 5.92. The van der Waals surface area contributed by atoms with Gasteiger partial charge in [-0.3, -0.25) is 9.59 Å². The molecule has 0 aliphatic heterocycles. The van der Waals surface area contributed by atoms with Crippen LogP contribution in [0, 0.1) is 0 Å². The maximum Gasteiger partial charge on any atom is 0.279 e. The summed E-state index contributed by atoms with van der Waals surface area (Å²) in [6, 6.07) is 11.9. The van der Waals surface area contributed by atoms with Crippen molar-refractivity contribution in [3.63, 3.8) is 0 Å². The number of carbonyl (C=O) groups is 2. The summed E-state index contributed by atoms with van der Waals surface area (Å²) in [5.41, 5.74) is 0.144. The minimum absolute atomic E-state index is 0. The molecule has 0 spiro atoms. The monoisotopic (exact) mass is 387 g/mol. The van der Waals surface area contributed by atoms with Gasteiger partial charge in [-0.15, -0.1) is 35.4 Å². The van der Waals surface area contributed by atoms with Crippen molar-refractivity contribution >= 4 is 24.5 Å². The number of benzene rings is 2. The molecule has 23 heavy (non-hydrogen) atoms. The molecule has 0 bridgehead atoms. The van der Waals surface area contributed by atoms with Crippen molar-refractivity contribution in [2.75, 3.05) is 0 Å². The molecule has 6 nitrogen and oxygen atoms in total. The number of carbonyl (C=O) groups excluding carboxylic acids is 2. The van der Waals surface area contributed by atoms with Crippen LogP contribution >= 0.6 is 0 Å². The average Bonchev–Trinajstić information content (AvgIpc) is 2.55. The number of carboxylic acid groups (broad SMARTS) is 2. The van der Waals surface area contributed by atoms with Gasteiger partial charge in [0.15, 0.2) is 0 Å². The van der Waals surface area contributed by atoms with E-state index in [2.05, 4.69) is 0 Å². The third kappa shape index (κ3) is 6.22. The van der Waals surface area contributed by atoms with Crippen LogP contribution in [0.15, 0.2) is 48.5 Å². The van der Waals surface area contributed by atoms with Crippen molar-refractivity contribution in [2.24, 2.45) is 0 Å². The van der Waals surface area contributed by atoms with Crippen molar-refractivity contribution in [3.8, 4) is 0 Å².